The third-order valence-electron chi connectivity index (χ3n) is 4.42. The molecule has 0 bridgehead atoms. The van der Waals surface area contributed by atoms with Crippen molar-refractivity contribution in [1.82, 2.24) is 9.88 Å². The van der Waals surface area contributed by atoms with Crippen molar-refractivity contribution in [3.05, 3.63) is 59.4 Å². The van der Waals surface area contributed by atoms with Crippen LogP contribution in [0.4, 0.5) is 5.69 Å². The first-order chi connectivity index (χ1) is 12.9. The molecule has 1 aliphatic heterocycles. The molecule has 0 aliphatic carbocycles. The second-order valence-electron chi connectivity index (χ2n) is 6.34. The summed E-state index contributed by atoms with van der Waals surface area (Å²) in [6.07, 6.45) is 3.58. The Bertz CT molecular complexity index is 869. The average molecular weight is 369 g/mol. The maximum absolute atomic E-state index is 12.9. The molecule has 1 aromatic carbocycles. The number of carboxylic acid groups (broad SMARTS) is 2. The summed E-state index contributed by atoms with van der Waals surface area (Å²) in [5, 5.41) is 21.3. The number of hydrogen-bond donors (Lipinski definition) is 3. The number of anilines is 1. The van der Waals surface area contributed by atoms with Gasteiger partial charge in [0.25, 0.3) is 0 Å². The van der Waals surface area contributed by atoms with Crippen LogP contribution in [-0.4, -0.2) is 50.5 Å². The van der Waals surface area contributed by atoms with E-state index in [0.717, 1.165) is 5.56 Å². The van der Waals surface area contributed by atoms with Gasteiger partial charge in [0.1, 0.15) is 6.04 Å². The topological polar surface area (TPSA) is 120 Å². The zero-order valence-corrected chi connectivity index (χ0v) is 14.5. The van der Waals surface area contributed by atoms with Crippen LogP contribution in [-0.2, 0) is 22.6 Å². The van der Waals surface area contributed by atoms with Gasteiger partial charge in [-0.3, -0.25) is 14.6 Å². The van der Waals surface area contributed by atoms with Gasteiger partial charge in [-0.05, 0) is 41.8 Å². The summed E-state index contributed by atoms with van der Waals surface area (Å²) in [6.45, 7) is 0.581. The van der Waals surface area contributed by atoms with Crippen molar-refractivity contribution in [1.29, 1.82) is 0 Å². The fourth-order valence-corrected chi connectivity index (χ4v) is 3.06. The van der Waals surface area contributed by atoms with Gasteiger partial charge >= 0.3 is 11.9 Å². The lowest BCUT2D eigenvalue weighted by Gasteiger charge is -2.24. The predicted octanol–water partition coefficient (Wildman–Crippen LogP) is 1.62. The molecule has 0 spiro atoms. The van der Waals surface area contributed by atoms with E-state index in [1.807, 2.05) is 12.1 Å². The first-order valence-corrected chi connectivity index (χ1v) is 8.46. The summed E-state index contributed by atoms with van der Waals surface area (Å²) in [4.78, 5) is 40.9. The Morgan fingerprint density at radius 2 is 2.07 bits per heavy atom. The Morgan fingerprint density at radius 1 is 1.26 bits per heavy atom. The lowest BCUT2D eigenvalue weighted by atomic mass is 10.1. The molecule has 8 heteroatoms. The van der Waals surface area contributed by atoms with Crippen molar-refractivity contribution in [2.24, 2.45) is 0 Å². The predicted molar refractivity (Wildman–Crippen MR) is 96.4 cm³/mol. The monoisotopic (exact) mass is 369 g/mol. The highest BCUT2D eigenvalue weighted by atomic mass is 16.4. The SMILES string of the molecule is O=C(O)C[C@@H]1Nc2ccc(C(=O)O)cc2CN(CCc2cccnc2)C1=O. The molecule has 0 radical (unpaired) electrons. The number of carboxylic acids is 2. The zero-order chi connectivity index (χ0) is 19.4. The molecule has 0 saturated carbocycles. The van der Waals surface area contributed by atoms with Crippen molar-refractivity contribution in [2.45, 2.75) is 25.4 Å². The molecule has 2 aromatic rings. The number of hydrogen-bond acceptors (Lipinski definition) is 5. The van der Waals surface area contributed by atoms with Gasteiger partial charge in [0.15, 0.2) is 0 Å². The highest BCUT2D eigenvalue weighted by molar-refractivity contribution is 5.92. The summed E-state index contributed by atoms with van der Waals surface area (Å²) in [5.41, 5.74) is 2.29. The molecular formula is C19H19N3O5. The van der Waals surface area contributed by atoms with Gasteiger partial charge < -0.3 is 20.4 Å². The number of pyridine rings is 1. The molecule has 3 N–H and O–H groups in total. The zero-order valence-electron chi connectivity index (χ0n) is 14.5. The molecule has 8 nitrogen and oxygen atoms in total. The first-order valence-electron chi connectivity index (χ1n) is 8.46. The standard InChI is InChI=1S/C19H19N3O5/c23-17(24)9-16-18(25)22(7-5-12-2-1-6-20-10-12)11-14-8-13(19(26)27)3-4-15(14)21-16/h1-4,6,8,10,16,21H,5,7,9,11H2,(H,23,24)(H,26,27)/t16-/m0/s1. The molecule has 0 unspecified atom stereocenters. The normalized spacial score (nSPS) is 16.2. The lowest BCUT2D eigenvalue weighted by molar-refractivity contribution is -0.141. The van der Waals surface area contributed by atoms with Crippen LogP contribution < -0.4 is 5.32 Å². The van der Waals surface area contributed by atoms with Gasteiger partial charge in [-0.2, -0.15) is 0 Å². The van der Waals surface area contributed by atoms with Gasteiger partial charge in [-0.25, -0.2) is 4.79 Å². The number of aromatic carboxylic acids is 1. The third-order valence-corrected chi connectivity index (χ3v) is 4.42. The maximum Gasteiger partial charge on any atom is 0.335 e. The molecule has 3 rings (SSSR count). The molecule has 1 aromatic heterocycles. The number of nitrogens with zero attached hydrogens (tertiary/aromatic N) is 2. The minimum absolute atomic E-state index is 0.117. The number of aliphatic carboxylic acids is 1. The molecule has 1 atom stereocenters. The smallest absolute Gasteiger partial charge is 0.335 e. The summed E-state index contributed by atoms with van der Waals surface area (Å²) >= 11 is 0. The Balaban J connectivity index is 1.88. The highest BCUT2D eigenvalue weighted by Crippen LogP contribution is 2.25. The molecule has 2 heterocycles. The van der Waals surface area contributed by atoms with Crippen LogP contribution >= 0.6 is 0 Å². The molecule has 1 aliphatic rings. The van der Waals surface area contributed by atoms with Crippen LogP contribution in [0.2, 0.25) is 0 Å². The van der Waals surface area contributed by atoms with Crippen LogP contribution in [0.3, 0.4) is 0 Å². The van der Waals surface area contributed by atoms with Crippen molar-refractivity contribution >= 4 is 23.5 Å². The summed E-state index contributed by atoms with van der Waals surface area (Å²) in [7, 11) is 0. The van der Waals surface area contributed by atoms with Crippen molar-refractivity contribution in [2.75, 3.05) is 11.9 Å². The summed E-state index contributed by atoms with van der Waals surface area (Å²) in [6, 6.07) is 7.32. The number of carbonyl (C=O) groups excluding carboxylic acids is 1. The van der Waals surface area contributed by atoms with Crippen LogP contribution in [0.25, 0.3) is 0 Å². The fourth-order valence-electron chi connectivity index (χ4n) is 3.06. The minimum Gasteiger partial charge on any atom is -0.481 e. The number of aromatic nitrogens is 1. The van der Waals surface area contributed by atoms with Gasteiger partial charge in [-0.15, -0.1) is 0 Å². The number of benzene rings is 1. The highest BCUT2D eigenvalue weighted by Gasteiger charge is 2.31. The second kappa shape index (κ2) is 7.86. The quantitative estimate of drug-likeness (QED) is 0.708. The van der Waals surface area contributed by atoms with E-state index in [0.29, 0.717) is 24.2 Å². The van der Waals surface area contributed by atoms with Gasteiger partial charge in [0, 0.05) is 31.2 Å². The Hall–Kier alpha value is -3.42. The van der Waals surface area contributed by atoms with Crippen molar-refractivity contribution in [3.8, 4) is 0 Å². The van der Waals surface area contributed by atoms with E-state index in [9.17, 15) is 19.5 Å². The number of rotatable bonds is 6. The molecule has 27 heavy (non-hydrogen) atoms. The Kier molecular flexibility index (Phi) is 5.35. The van der Waals surface area contributed by atoms with E-state index < -0.39 is 18.0 Å². The fraction of sp³-hybridized carbons (Fsp3) is 0.263. The van der Waals surface area contributed by atoms with E-state index in [4.69, 9.17) is 5.11 Å². The van der Waals surface area contributed by atoms with Gasteiger partial charge in [0.2, 0.25) is 5.91 Å². The number of fused-ring (bicyclic) bond motifs is 1. The van der Waals surface area contributed by atoms with Gasteiger partial charge in [0.05, 0.1) is 12.0 Å². The summed E-state index contributed by atoms with van der Waals surface area (Å²) < 4.78 is 0. The first kappa shape index (κ1) is 18.4. The van der Waals surface area contributed by atoms with Crippen molar-refractivity contribution < 1.29 is 24.6 Å². The number of carbonyl (C=O) groups is 3. The van der Waals surface area contributed by atoms with E-state index >= 15 is 0 Å². The summed E-state index contributed by atoms with van der Waals surface area (Å²) in [5.74, 6) is -2.47. The third kappa shape index (κ3) is 4.41. The van der Waals surface area contributed by atoms with Crippen molar-refractivity contribution in [3.63, 3.8) is 0 Å². The van der Waals surface area contributed by atoms with E-state index in [1.54, 1.807) is 23.4 Å². The van der Waals surface area contributed by atoms with E-state index in [-0.39, 0.29) is 24.4 Å². The second-order valence-corrected chi connectivity index (χ2v) is 6.34. The Labute approximate surface area is 155 Å². The van der Waals surface area contributed by atoms with E-state index in [2.05, 4.69) is 10.3 Å². The number of amides is 1. The molecule has 0 saturated heterocycles. The Morgan fingerprint density at radius 3 is 2.74 bits per heavy atom. The van der Waals surface area contributed by atoms with Crippen LogP contribution in [0.15, 0.2) is 42.7 Å². The number of nitrogens with one attached hydrogen (secondary N) is 1. The largest absolute Gasteiger partial charge is 0.481 e. The van der Waals surface area contributed by atoms with Crippen LogP contribution in [0.5, 0.6) is 0 Å². The molecular weight excluding hydrogens is 350 g/mol. The van der Waals surface area contributed by atoms with Crippen LogP contribution in [0.1, 0.15) is 27.9 Å². The molecule has 0 fully saturated rings. The molecule has 1 amide bonds. The minimum atomic E-state index is -1.08. The molecule has 140 valence electrons. The average Bonchev–Trinajstić information content (AvgIpc) is 2.77. The lowest BCUT2D eigenvalue weighted by Crippen LogP contribution is -2.42. The van der Waals surface area contributed by atoms with Crippen LogP contribution in [0, 0.1) is 0 Å². The van der Waals surface area contributed by atoms with Gasteiger partial charge in [-0.1, -0.05) is 6.07 Å². The maximum atomic E-state index is 12.9. The van der Waals surface area contributed by atoms with E-state index in [1.165, 1.54) is 12.1 Å².